The first-order valence-corrected chi connectivity index (χ1v) is 9.02. The minimum absolute atomic E-state index is 0.0181. The molecular weight excluding hydrogens is 440 g/mol. The fraction of sp³-hybridized carbons (Fsp3) is 0.0909. The minimum atomic E-state index is -3.95. The Morgan fingerprint density at radius 3 is 2.35 bits per heavy atom. The van der Waals surface area contributed by atoms with Crippen LogP contribution in [0.4, 0.5) is 14.5 Å². The smallest absolute Gasteiger partial charge is 0.271 e. The van der Waals surface area contributed by atoms with Crippen molar-refractivity contribution in [2.24, 2.45) is 0 Å². The molecule has 0 radical (unpaired) electrons. The molecule has 3 nitrogen and oxygen atoms in total. The third kappa shape index (κ3) is 3.21. The van der Waals surface area contributed by atoms with E-state index in [4.69, 9.17) is 0 Å². The average Bonchev–Trinajstić information content (AvgIpc) is 2.67. The molecule has 0 aliphatic heterocycles. The van der Waals surface area contributed by atoms with Crippen molar-refractivity contribution in [3.8, 4) is 0 Å². The quantitative estimate of drug-likeness (QED) is 0.697. The van der Waals surface area contributed by atoms with E-state index in [1.807, 2.05) is 4.72 Å². The predicted molar refractivity (Wildman–Crippen MR) is 81.6 cm³/mol. The lowest BCUT2D eigenvalue weighted by atomic mass is 10.3. The van der Waals surface area contributed by atoms with Gasteiger partial charge in [-0.15, -0.1) is 11.3 Å². The number of nitrogens with one attached hydrogen (secondary N) is 1. The van der Waals surface area contributed by atoms with Gasteiger partial charge in [0.05, 0.1) is 13.9 Å². The number of thiophene rings is 1. The SMILES string of the molecule is Cc1cc(S(=O)(=O)Nc2cc(F)c(Br)cc2F)sc1Br. The summed E-state index contributed by atoms with van der Waals surface area (Å²) in [6.07, 6.45) is 0. The van der Waals surface area contributed by atoms with Crippen molar-refractivity contribution in [2.75, 3.05) is 4.72 Å². The summed E-state index contributed by atoms with van der Waals surface area (Å²) in [5, 5.41) is 0. The van der Waals surface area contributed by atoms with E-state index in [-0.39, 0.29) is 8.68 Å². The summed E-state index contributed by atoms with van der Waals surface area (Å²) in [6.45, 7) is 1.74. The standard InChI is InChI=1S/C11H7Br2F2NO2S2/c1-5-2-10(19-11(5)13)20(17,18)16-9-4-7(14)6(12)3-8(9)15/h2-4,16H,1H3. The molecule has 20 heavy (non-hydrogen) atoms. The van der Waals surface area contributed by atoms with Crippen LogP contribution in [-0.4, -0.2) is 8.42 Å². The Labute approximate surface area is 135 Å². The molecule has 0 unspecified atom stereocenters. The molecule has 0 aliphatic rings. The van der Waals surface area contributed by atoms with Gasteiger partial charge in [-0.3, -0.25) is 4.72 Å². The fourth-order valence-corrected chi connectivity index (χ4v) is 4.96. The van der Waals surface area contributed by atoms with Crippen LogP contribution in [0.15, 0.2) is 30.7 Å². The van der Waals surface area contributed by atoms with Crippen molar-refractivity contribution < 1.29 is 17.2 Å². The molecule has 0 spiro atoms. The highest BCUT2D eigenvalue weighted by molar-refractivity contribution is 9.11. The zero-order valence-electron chi connectivity index (χ0n) is 9.88. The molecule has 2 rings (SSSR count). The third-order valence-corrected chi connectivity index (χ3v) is 6.94. The molecule has 0 bridgehead atoms. The van der Waals surface area contributed by atoms with Gasteiger partial charge in [0.1, 0.15) is 15.8 Å². The molecule has 1 aromatic heterocycles. The molecule has 0 saturated carbocycles. The predicted octanol–water partition coefficient (Wildman–Crippen LogP) is 4.66. The topological polar surface area (TPSA) is 46.2 Å². The van der Waals surface area contributed by atoms with Gasteiger partial charge < -0.3 is 0 Å². The first kappa shape index (κ1) is 15.9. The molecule has 2 aromatic rings. The lowest BCUT2D eigenvalue weighted by Crippen LogP contribution is -2.13. The average molecular weight is 447 g/mol. The fourth-order valence-electron chi connectivity index (χ4n) is 1.36. The van der Waals surface area contributed by atoms with Crippen LogP contribution < -0.4 is 4.72 Å². The van der Waals surface area contributed by atoms with E-state index < -0.39 is 27.3 Å². The van der Waals surface area contributed by atoms with Crippen LogP contribution >= 0.6 is 43.2 Å². The lowest BCUT2D eigenvalue weighted by molar-refractivity contribution is 0.592. The molecule has 108 valence electrons. The van der Waals surface area contributed by atoms with Gasteiger partial charge in [-0.2, -0.15) is 0 Å². The Morgan fingerprint density at radius 1 is 1.15 bits per heavy atom. The van der Waals surface area contributed by atoms with Crippen molar-refractivity contribution in [2.45, 2.75) is 11.1 Å². The lowest BCUT2D eigenvalue weighted by Gasteiger charge is -2.08. The van der Waals surface area contributed by atoms with Crippen molar-refractivity contribution in [3.05, 3.63) is 43.7 Å². The van der Waals surface area contributed by atoms with Crippen LogP contribution in [0.1, 0.15) is 5.56 Å². The third-order valence-electron chi connectivity index (χ3n) is 2.35. The van der Waals surface area contributed by atoms with Crippen LogP contribution in [-0.2, 0) is 10.0 Å². The van der Waals surface area contributed by atoms with Gasteiger partial charge in [0.25, 0.3) is 10.0 Å². The van der Waals surface area contributed by atoms with Gasteiger partial charge >= 0.3 is 0 Å². The van der Waals surface area contributed by atoms with Crippen LogP contribution in [0.2, 0.25) is 0 Å². The Bertz CT molecular complexity index is 755. The van der Waals surface area contributed by atoms with Crippen LogP contribution in [0.5, 0.6) is 0 Å². The van der Waals surface area contributed by atoms with Gasteiger partial charge in [-0.1, -0.05) is 0 Å². The second-order valence-corrected chi connectivity index (χ2v) is 9.01. The van der Waals surface area contributed by atoms with E-state index in [1.54, 1.807) is 6.92 Å². The Kier molecular flexibility index (Phi) is 4.53. The summed E-state index contributed by atoms with van der Waals surface area (Å²) >= 11 is 7.03. The second kappa shape index (κ2) is 5.70. The van der Waals surface area contributed by atoms with E-state index in [0.29, 0.717) is 3.79 Å². The molecular formula is C11H7Br2F2NO2S2. The maximum absolute atomic E-state index is 13.6. The van der Waals surface area contributed by atoms with Crippen LogP contribution in [0.25, 0.3) is 0 Å². The van der Waals surface area contributed by atoms with E-state index in [1.165, 1.54) is 6.07 Å². The highest BCUT2D eigenvalue weighted by Crippen LogP contribution is 2.32. The molecule has 0 amide bonds. The number of aryl methyl sites for hydroxylation is 1. The molecule has 1 heterocycles. The monoisotopic (exact) mass is 445 g/mol. The van der Waals surface area contributed by atoms with Gasteiger partial charge in [-0.25, -0.2) is 17.2 Å². The summed E-state index contributed by atoms with van der Waals surface area (Å²) in [5.41, 5.74) is 0.311. The molecule has 0 atom stereocenters. The zero-order valence-corrected chi connectivity index (χ0v) is 14.7. The second-order valence-electron chi connectivity index (χ2n) is 3.87. The summed E-state index contributed by atoms with van der Waals surface area (Å²) < 4.78 is 53.8. The minimum Gasteiger partial charge on any atom is -0.276 e. The van der Waals surface area contributed by atoms with E-state index in [2.05, 4.69) is 31.9 Å². The van der Waals surface area contributed by atoms with Gasteiger partial charge in [0.2, 0.25) is 0 Å². The van der Waals surface area contributed by atoms with Gasteiger partial charge in [-0.05, 0) is 56.5 Å². The number of sulfonamides is 1. The number of hydrogen-bond acceptors (Lipinski definition) is 3. The number of benzene rings is 1. The summed E-state index contributed by atoms with van der Waals surface area (Å²) in [6, 6.07) is 3.10. The van der Waals surface area contributed by atoms with Crippen molar-refractivity contribution in [1.82, 2.24) is 0 Å². The maximum atomic E-state index is 13.6. The Hall–Kier alpha value is -0.510. The highest BCUT2D eigenvalue weighted by Gasteiger charge is 2.21. The number of hydrogen-bond donors (Lipinski definition) is 1. The van der Waals surface area contributed by atoms with E-state index in [0.717, 1.165) is 29.0 Å². The first-order chi connectivity index (χ1) is 9.20. The molecule has 0 aliphatic carbocycles. The Morgan fingerprint density at radius 2 is 1.80 bits per heavy atom. The zero-order chi connectivity index (χ0) is 15.1. The normalized spacial score (nSPS) is 11.7. The van der Waals surface area contributed by atoms with E-state index >= 15 is 0 Å². The summed E-state index contributed by atoms with van der Waals surface area (Å²) in [4.78, 5) is 0. The van der Waals surface area contributed by atoms with Gasteiger partial charge in [0.15, 0.2) is 0 Å². The molecule has 9 heteroatoms. The molecule has 0 saturated heterocycles. The maximum Gasteiger partial charge on any atom is 0.271 e. The van der Waals surface area contributed by atoms with Gasteiger partial charge in [0, 0.05) is 6.07 Å². The number of anilines is 1. The van der Waals surface area contributed by atoms with Crippen LogP contribution in [0, 0.1) is 18.6 Å². The highest BCUT2D eigenvalue weighted by atomic mass is 79.9. The Balaban J connectivity index is 2.40. The number of rotatable bonds is 3. The first-order valence-electron chi connectivity index (χ1n) is 5.14. The van der Waals surface area contributed by atoms with Crippen molar-refractivity contribution in [3.63, 3.8) is 0 Å². The molecule has 1 aromatic carbocycles. The van der Waals surface area contributed by atoms with Crippen LogP contribution in [0.3, 0.4) is 0 Å². The summed E-state index contributed by atoms with van der Waals surface area (Å²) in [5.74, 6) is -1.62. The van der Waals surface area contributed by atoms with Crippen molar-refractivity contribution in [1.29, 1.82) is 0 Å². The van der Waals surface area contributed by atoms with Crippen molar-refractivity contribution >= 4 is 58.9 Å². The largest absolute Gasteiger partial charge is 0.276 e. The summed E-state index contributed by atoms with van der Waals surface area (Å²) in [7, 11) is -3.95. The van der Waals surface area contributed by atoms with E-state index in [9.17, 15) is 17.2 Å². The molecule has 1 N–H and O–H groups in total. The number of halogens is 4. The molecule has 0 fully saturated rings.